The van der Waals surface area contributed by atoms with Crippen LogP contribution >= 0.6 is 11.5 Å². The fourth-order valence-electron chi connectivity index (χ4n) is 2.36. The first-order valence-corrected chi connectivity index (χ1v) is 8.13. The Hall–Kier alpha value is -2.79. The third-order valence-corrected chi connectivity index (χ3v) is 4.56. The number of anilines is 2. The predicted molar refractivity (Wildman–Crippen MR) is 90.9 cm³/mol. The summed E-state index contributed by atoms with van der Waals surface area (Å²) in [5.74, 6) is 1.11. The Labute approximate surface area is 143 Å². The number of nitrogens with one attached hydrogen (secondary N) is 1. The van der Waals surface area contributed by atoms with Crippen LogP contribution in [0, 0.1) is 18.3 Å². The molecule has 1 aliphatic heterocycles. The van der Waals surface area contributed by atoms with Gasteiger partial charge in [-0.15, -0.1) is 0 Å². The highest BCUT2D eigenvalue weighted by atomic mass is 32.1. The van der Waals surface area contributed by atoms with Gasteiger partial charge in [0.25, 0.3) is 0 Å². The van der Waals surface area contributed by atoms with E-state index in [-0.39, 0.29) is 12.5 Å². The van der Waals surface area contributed by atoms with Crippen LogP contribution in [0.5, 0.6) is 11.5 Å². The number of amides is 1. The van der Waals surface area contributed by atoms with Gasteiger partial charge in [-0.2, -0.15) is 9.64 Å². The highest BCUT2D eigenvalue weighted by Gasteiger charge is 2.17. The number of aryl methyl sites for hydroxylation is 1. The number of carbonyl (C=O) groups is 1. The molecule has 0 fully saturated rings. The van der Waals surface area contributed by atoms with Crippen molar-refractivity contribution in [1.82, 2.24) is 4.37 Å². The van der Waals surface area contributed by atoms with Crippen molar-refractivity contribution in [2.24, 2.45) is 0 Å². The number of aromatic nitrogens is 1. The van der Waals surface area contributed by atoms with Crippen LogP contribution in [0.1, 0.15) is 11.3 Å². The number of hydrogen-bond acceptors (Lipinski definition) is 7. The Morgan fingerprint density at radius 1 is 1.42 bits per heavy atom. The summed E-state index contributed by atoms with van der Waals surface area (Å²) in [5.41, 5.74) is 1.82. The molecule has 0 unspecified atom stereocenters. The van der Waals surface area contributed by atoms with Crippen LogP contribution in [0.25, 0.3) is 0 Å². The van der Waals surface area contributed by atoms with Gasteiger partial charge in [0.15, 0.2) is 11.5 Å². The molecule has 1 amide bonds. The first-order chi connectivity index (χ1) is 11.6. The van der Waals surface area contributed by atoms with E-state index in [1.165, 1.54) is 11.5 Å². The molecule has 0 saturated carbocycles. The average Bonchev–Trinajstić information content (AvgIpc) is 2.95. The number of nitrogens with zero attached hydrogens (tertiary/aromatic N) is 3. The Kier molecular flexibility index (Phi) is 4.53. The molecule has 24 heavy (non-hydrogen) atoms. The lowest BCUT2D eigenvalue weighted by Crippen LogP contribution is -2.30. The fourth-order valence-corrected chi connectivity index (χ4v) is 3.16. The summed E-state index contributed by atoms with van der Waals surface area (Å²) >= 11 is 1.21. The van der Waals surface area contributed by atoms with Crippen LogP contribution in [-0.4, -0.2) is 37.1 Å². The molecule has 124 valence electrons. The van der Waals surface area contributed by atoms with E-state index in [0.717, 1.165) is 0 Å². The summed E-state index contributed by atoms with van der Waals surface area (Å²) in [6.45, 7) is 2.92. The van der Waals surface area contributed by atoms with Crippen molar-refractivity contribution in [2.75, 3.05) is 37.0 Å². The van der Waals surface area contributed by atoms with Crippen LogP contribution in [0.3, 0.4) is 0 Å². The molecular formula is C16H16N4O3S. The second kappa shape index (κ2) is 6.76. The molecular weight excluding hydrogens is 328 g/mol. The molecule has 0 spiro atoms. The zero-order valence-corrected chi connectivity index (χ0v) is 14.1. The highest BCUT2D eigenvalue weighted by Crippen LogP contribution is 2.32. The van der Waals surface area contributed by atoms with Gasteiger partial charge in [-0.3, -0.25) is 4.79 Å². The predicted octanol–water partition coefficient (Wildman–Crippen LogP) is 2.17. The average molecular weight is 344 g/mol. The number of benzene rings is 1. The third kappa shape index (κ3) is 3.26. The first-order valence-electron chi connectivity index (χ1n) is 7.35. The number of ether oxygens (including phenoxy) is 2. The van der Waals surface area contributed by atoms with Gasteiger partial charge in [0.2, 0.25) is 5.91 Å². The maximum Gasteiger partial charge on any atom is 0.243 e. The minimum atomic E-state index is -0.191. The Morgan fingerprint density at radius 3 is 2.92 bits per heavy atom. The number of carbonyl (C=O) groups excluding carboxylic acids is 1. The van der Waals surface area contributed by atoms with Gasteiger partial charge in [0, 0.05) is 18.8 Å². The maximum absolute atomic E-state index is 12.2. The van der Waals surface area contributed by atoms with E-state index in [2.05, 4.69) is 15.8 Å². The largest absolute Gasteiger partial charge is 0.486 e. The standard InChI is InChI=1S/C16H16N4O3S/c1-10-12(8-17)16(24-19-10)20(2)9-15(21)18-11-3-4-13-14(7-11)23-6-5-22-13/h3-4,7H,5-6,9H2,1-2H3,(H,18,21). The summed E-state index contributed by atoms with van der Waals surface area (Å²) in [5, 5.41) is 12.7. The van der Waals surface area contributed by atoms with Crippen molar-refractivity contribution >= 4 is 28.1 Å². The third-order valence-electron chi connectivity index (χ3n) is 3.51. The fraction of sp³-hybridized carbons (Fsp3) is 0.312. The summed E-state index contributed by atoms with van der Waals surface area (Å²) in [7, 11) is 1.76. The lowest BCUT2D eigenvalue weighted by atomic mass is 10.2. The molecule has 0 bridgehead atoms. The monoisotopic (exact) mass is 344 g/mol. The van der Waals surface area contributed by atoms with E-state index < -0.39 is 0 Å². The van der Waals surface area contributed by atoms with Gasteiger partial charge >= 0.3 is 0 Å². The van der Waals surface area contributed by atoms with Gasteiger partial charge in [-0.25, -0.2) is 0 Å². The zero-order valence-electron chi connectivity index (χ0n) is 13.3. The Morgan fingerprint density at radius 2 is 2.17 bits per heavy atom. The minimum absolute atomic E-state index is 0.116. The quantitative estimate of drug-likeness (QED) is 0.914. The lowest BCUT2D eigenvalue weighted by molar-refractivity contribution is -0.114. The molecule has 1 aromatic heterocycles. The summed E-state index contributed by atoms with van der Waals surface area (Å²) in [6, 6.07) is 7.40. The molecule has 1 N–H and O–H groups in total. The van der Waals surface area contributed by atoms with Crippen molar-refractivity contribution in [1.29, 1.82) is 5.26 Å². The molecule has 0 radical (unpaired) electrons. The van der Waals surface area contributed by atoms with Gasteiger partial charge in [-0.1, -0.05) is 0 Å². The molecule has 0 saturated heterocycles. The van der Waals surface area contributed by atoms with Gasteiger partial charge in [0.05, 0.1) is 12.2 Å². The molecule has 0 atom stereocenters. The first kappa shape index (κ1) is 16.1. The van der Waals surface area contributed by atoms with Crippen molar-refractivity contribution in [2.45, 2.75) is 6.92 Å². The van der Waals surface area contributed by atoms with Gasteiger partial charge < -0.3 is 19.7 Å². The Bertz CT molecular complexity index is 812. The number of hydrogen-bond donors (Lipinski definition) is 1. The maximum atomic E-state index is 12.2. The molecule has 8 heteroatoms. The molecule has 1 aromatic carbocycles. The van der Waals surface area contributed by atoms with Crippen molar-refractivity contribution < 1.29 is 14.3 Å². The second-order valence-corrected chi connectivity index (χ2v) is 6.07. The Balaban J connectivity index is 1.66. The van der Waals surface area contributed by atoms with E-state index in [1.807, 2.05) is 0 Å². The van der Waals surface area contributed by atoms with Gasteiger partial charge in [0.1, 0.15) is 29.8 Å². The van der Waals surface area contributed by atoms with Crippen molar-refractivity contribution in [3.8, 4) is 17.6 Å². The molecule has 2 heterocycles. The van der Waals surface area contributed by atoms with E-state index >= 15 is 0 Å². The van der Waals surface area contributed by atoms with Crippen LogP contribution in [0.4, 0.5) is 10.7 Å². The topological polar surface area (TPSA) is 87.5 Å². The second-order valence-electron chi connectivity index (χ2n) is 5.32. The van der Waals surface area contributed by atoms with E-state index in [4.69, 9.17) is 9.47 Å². The minimum Gasteiger partial charge on any atom is -0.486 e. The summed E-state index contributed by atoms with van der Waals surface area (Å²) < 4.78 is 15.1. The van der Waals surface area contributed by atoms with Crippen LogP contribution < -0.4 is 19.7 Å². The van der Waals surface area contributed by atoms with E-state index in [9.17, 15) is 10.1 Å². The van der Waals surface area contributed by atoms with E-state index in [1.54, 1.807) is 37.1 Å². The van der Waals surface area contributed by atoms with E-state index in [0.29, 0.717) is 46.7 Å². The number of nitriles is 1. The normalized spacial score (nSPS) is 12.4. The molecule has 2 aromatic rings. The molecule has 7 nitrogen and oxygen atoms in total. The van der Waals surface area contributed by atoms with Crippen LogP contribution in [0.2, 0.25) is 0 Å². The molecule has 0 aliphatic carbocycles. The van der Waals surface area contributed by atoms with Crippen molar-refractivity contribution in [3.05, 3.63) is 29.5 Å². The zero-order chi connectivity index (χ0) is 17.1. The van der Waals surface area contributed by atoms with Crippen LogP contribution in [0.15, 0.2) is 18.2 Å². The highest BCUT2D eigenvalue weighted by molar-refractivity contribution is 7.10. The SMILES string of the molecule is Cc1nsc(N(C)CC(=O)Nc2ccc3c(c2)OCCO3)c1C#N. The summed E-state index contributed by atoms with van der Waals surface area (Å²) in [6.07, 6.45) is 0. The molecule has 1 aliphatic rings. The number of fused-ring (bicyclic) bond motifs is 1. The summed E-state index contributed by atoms with van der Waals surface area (Å²) in [4.78, 5) is 14.0. The van der Waals surface area contributed by atoms with Crippen molar-refractivity contribution in [3.63, 3.8) is 0 Å². The lowest BCUT2D eigenvalue weighted by Gasteiger charge is -2.20. The van der Waals surface area contributed by atoms with Crippen LogP contribution in [-0.2, 0) is 4.79 Å². The molecule has 3 rings (SSSR count). The number of rotatable bonds is 4. The smallest absolute Gasteiger partial charge is 0.243 e. The number of likely N-dealkylation sites (N-methyl/N-ethyl adjacent to an activating group) is 1. The van der Waals surface area contributed by atoms with Gasteiger partial charge in [-0.05, 0) is 30.6 Å².